The number of thiophene rings is 1. The van der Waals surface area contributed by atoms with Crippen molar-refractivity contribution in [2.45, 2.75) is 43.8 Å². The average Bonchev–Trinajstić information content (AvgIpc) is 3.42. The zero-order valence-electron chi connectivity index (χ0n) is 17.7. The van der Waals surface area contributed by atoms with Gasteiger partial charge in [0.15, 0.2) is 0 Å². The lowest BCUT2D eigenvalue weighted by Gasteiger charge is -2.46. The third-order valence-corrected chi connectivity index (χ3v) is 7.82. The molecular formula is C24H29N3O3S. The highest BCUT2D eigenvalue weighted by Gasteiger charge is 2.53. The SMILES string of the molecule is O=C(c1cccs1)N1CCC(N2C(=O)N(Cc3ccccc3)CC23CCOCC3)CC1. The summed E-state index contributed by atoms with van der Waals surface area (Å²) in [5.74, 6) is 0.118. The number of hydrogen-bond donors (Lipinski definition) is 0. The molecule has 0 unspecified atom stereocenters. The third kappa shape index (κ3) is 3.96. The summed E-state index contributed by atoms with van der Waals surface area (Å²) in [6.45, 7) is 4.23. The number of benzene rings is 1. The molecule has 1 spiro atoms. The number of amides is 3. The van der Waals surface area contributed by atoms with Crippen LogP contribution >= 0.6 is 11.3 Å². The molecule has 31 heavy (non-hydrogen) atoms. The van der Waals surface area contributed by atoms with Gasteiger partial charge in [0.1, 0.15) is 0 Å². The molecule has 7 heteroatoms. The van der Waals surface area contributed by atoms with Gasteiger partial charge in [0, 0.05) is 45.4 Å². The maximum Gasteiger partial charge on any atom is 0.321 e. The summed E-state index contributed by atoms with van der Waals surface area (Å²) in [5, 5.41) is 1.94. The number of carbonyl (C=O) groups is 2. The topological polar surface area (TPSA) is 53.1 Å². The minimum Gasteiger partial charge on any atom is -0.381 e. The van der Waals surface area contributed by atoms with Crippen molar-refractivity contribution in [2.75, 3.05) is 32.8 Å². The average molecular weight is 440 g/mol. The Bertz CT molecular complexity index is 903. The molecule has 6 nitrogen and oxygen atoms in total. The molecule has 5 rings (SSSR count). The Morgan fingerprint density at radius 1 is 1.06 bits per heavy atom. The van der Waals surface area contributed by atoms with Crippen LogP contribution in [0.2, 0.25) is 0 Å². The van der Waals surface area contributed by atoms with E-state index in [1.807, 2.05) is 45.5 Å². The van der Waals surface area contributed by atoms with E-state index in [2.05, 4.69) is 17.0 Å². The second kappa shape index (κ2) is 8.63. The Morgan fingerprint density at radius 3 is 2.48 bits per heavy atom. The number of hydrogen-bond acceptors (Lipinski definition) is 4. The molecule has 0 aliphatic carbocycles. The Morgan fingerprint density at radius 2 is 1.81 bits per heavy atom. The lowest BCUT2D eigenvalue weighted by molar-refractivity contribution is -0.0153. The van der Waals surface area contributed by atoms with Crippen molar-refractivity contribution in [3.8, 4) is 0 Å². The van der Waals surface area contributed by atoms with Gasteiger partial charge in [0.2, 0.25) is 0 Å². The Balaban J connectivity index is 1.31. The summed E-state index contributed by atoms with van der Waals surface area (Å²) in [6, 6.07) is 14.4. The predicted molar refractivity (Wildman–Crippen MR) is 120 cm³/mol. The van der Waals surface area contributed by atoms with Gasteiger partial charge in [-0.1, -0.05) is 36.4 Å². The largest absolute Gasteiger partial charge is 0.381 e. The first-order valence-electron chi connectivity index (χ1n) is 11.2. The second-order valence-electron chi connectivity index (χ2n) is 8.83. The van der Waals surface area contributed by atoms with E-state index < -0.39 is 0 Å². The number of piperidine rings is 1. The lowest BCUT2D eigenvalue weighted by Crippen LogP contribution is -2.57. The van der Waals surface area contributed by atoms with E-state index >= 15 is 0 Å². The van der Waals surface area contributed by atoms with Gasteiger partial charge in [0.05, 0.1) is 10.4 Å². The maximum absolute atomic E-state index is 13.6. The summed E-state index contributed by atoms with van der Waals surface area (Å²) in [4.78, 5) is 33.3. The van der Waals surface area contributed by atoms with E-state index in [9.17, 15) is 9.59 Å². The van der Waals surface area contributed by atoms with E-state index in [1.165, 1.54) is 11.3 Å². The molecule has 0 saturated carbocycles. The molecule has 0 bridgehead atoms. The normalized spacial score (nSPS) is 21.8. The fourth-order valence-electron chi connectivity index (χ4n) is 5.36. The molecule has 1 aromatic heterocycles. The van der Waals surface area contributed by atoms with E-state index in [0.717, 1.165) is 42.7 Å². The van der Waals surface area contributed by atoms with Crippen LogP contribution in [0.3, 0.4) is 0 Å². The predicted octanol–water partition coefficient (Wildman–Crippen LogP) is 3.84. The number of likely N-dealkylation sites (tertiary alicyclic amines) is 1. The van der Waals surface area contributed by atoms with Gasteiger partial charge in [-0.2, -0.15) is 0 Å². The van der Waals surface area contributed by atoms with Crippen LogP contribution in [0.1, 0.15) is 40.9 Å². The highest BCUT2D eigenvalue weighted by Crippen LogP contribution is 2.40. The van der Waals surface area contributed by atoms with E-state index in [0.29, 0.717) is 32.8 Å². The number of nitrogens with zero attached hydrogens (tertiary/aromatic N) is 3. The van der Waals surface area contributed by atoms with Gasteiger partial charge in [-0.15, -0.1) is 11.3 Å². The highest BCUT2D eigenvalue weighted by atomic mass is 32.1. The van der Waals surface area contributed by atoms with E-state index in [4.69, 9.17) is 4.74 Å². The molecule has 3 aliphatic heterocycles. The van der Waals surface area contributed by atoms with Crippen LogP contribution < -0.4 is 0 Å². The molecule has 3 saturated heterocycles. The molecule has 3 amide bonds. The fraction of sp³-hybridized carbons (Fsp3) is 0.500. The maximum atomic E-state index is 13.6. The zero-order chi connectivity index (χ0) is 21.3. The molecular weight excluding hydrogens is 410 g/mol. The first-order valence-corrected chi connectivity index (χ1v) is 12.1. The molecule has 3 aliphatic rings. The monoisotopic (exact) mass is 439 g/mol. The molecule has 0 radical (unpaired) electrons. The van der Waals surface area contributed by atoms with Crippen molar-refractivity contribution in [3.63, 3.8) is 0 Å². The van der Waals surface area contributed by atoms with Crippen LogP contribution in [0.25, 0.3) is 0 Å². The summed E-state index contributed by atoms with van der Waals surface area (Å²) < 4.78 is 5.66. The first kappa shape index (κ1) is 20.5. The molecule has 1 aromatic carbocycles. The summed E-state index contributed by atoms with van der Waals surface area (Å²) >= 11 is 1.49. The molecule has 4 heterocycles. The molecule has 164 valence electrons. The number of carbonyl (C=O) groups excluding carboxylic acids is 2. The second-order valence-corrected chi connectivity index (χ2v) is 9.78. The summed E-state index contributed by atoms with van der Waals surface area (Å²) in [6.07, 6.45) is 3.45. The minimum atomic E-state index is -0.144. The Hall–Kier alpha value is -2.38. The van der Waals surface area contributed by atoms with Gasteiger partial charge in [0.25, 0.3) is 5.91 Å². The van der Waals surface area contributed by atoms with Crippen molar-refractivity contribution in [3.05, 3.63) is 58.3 Å². The van der Waals surface area contributed by atoms with Crippen LogP contribution in [0.5, 0.6) is 0 Å². The van der Waals surface area contributed by atoms with Crippen LogP contribution in [-0.2, 0) is 11.3 Å². The van der Waals surface area contributed by atoms with E-state index in [1.54, 1.807) is 0 Å². The van der Waals surface area contributed by atoms with Crippen molar-refractivity contribution >= 4 is 23.3 Å². The Kier molecular flexibility index (Phi) is 5.71. The Labute approximate surface area is 187 Å². The minimum absolute atomic E-state index is 0.118. The van der Waals surface area contributed by atoms with Crippen molar-refractivity contribution < 1.29 is 14.3 Å². The van der Waals surface area contributed by atoms with Crippen molar-refractivity contribution in [1.82, 2.24) is 14.7 Å². The quantitative estimate of drug-likeness (QED) is 0.727. The first-order chi connectivity index (χ1) is 15.2. The van der Waals surface area contributed by atoms with Gasteiger partial charge >= 0.3 is 6.03 Å². The summed E-state index contributed by atoms with van der Waals surface area (Å²) in [7, 11) is 0. The molecule has 2 aromatic rings. The highest BCUT2D eigenvalue weighted by molar-refractivity contribution is 7.12. The van der Waals surface area contributed by atoms with Crippen LogP contribution in [0, 0.1) is 0 Å². The fourth-order valence-corrected chi connectivity index (χ4v) is 6.05. The van der Waals surface area contributed by atoms with Gasteiger partial charge < -0.3 is 19.4 Å². The lowest BCUT2D eigenvalue weighted by atomic mass is 9.86. The standard InChI is InChI=1S/C24H29N3O3S/c28-22(21-7-4-16-31-21)25-12-8-20(9-13-25)27-23(29)26(17-19-5-2-1-3-6-19)18-24(27)10-14-30-15-11-24/h1-7,16,20H,8-15,17-18H2. The van der Waals surface area contributed by atoms with Gasteiger partial charge in [-0.05, 0) is 42.7 Å². The van der Waals surface area contributed by atoms with Crippen LogP contribution in [-0.4, -0.2) is 71.1 Å². The van der Waals surface area contributed by atoms with E-state index in [-0.39, 0.29) is 23.5 Å². The number of urea groups is 1. The summed E-state index contributed by atoms with van der Waals surface area (Å²) in [5.41, 5.74) is 1.02. The van der Waals surface area contributed by atoms with Crippen LogP contribution in [0.15, 0.2) is 47.8 Å². The molecule has 3 fully saturated rings. The van der Waals surface area contributed by atoms with Gasteiger partial charge in [-0.25, -0.2) is 4.79 Å². The molecule has 0 atom stereocenters. The smallest absolute Gasteiger partial charge is 0.321 e. The third-order valence-electron chi connectivity index (χ3n) is 6.96. The number of ether oxygens (including phenoxy) is 1. The molecule has 0 N–H and O–H groups in total. The number of rotatable bonds is 4. The zero-order valence-corrected chi connectivity index (χ0v) is 18.6. The van der Waals surface area contributed by atoms with Crippen LogP contribution in [0.4, 0.5) is 4.79 Å². The van der Waals surface area contributed by atoms with Gasteiger partial charge in [-0.3, -0.25) is 4.79 Å². The van der Waals surface area contributed by atoms with Crippen molar-refractivity contribution in [1.29, 1.82) is 0 Å². The van der Waals surface area contributed by atoms with Crippen molar-refractivity contribution in [2.24, 2.45) is 0 Å².